The predicted molar refractivity (Wildman–Crippen MR) is 147 cm³/mol. The van der Waals surface area contributed by atoms with Crippen molar-refractivity contribution in [3.8, 4) is 0 Å². The van der Waals surface area contributed by atoms with Gasteiger partial charge in [0.1, 0.15) is 0 Å². The third-order valence-electron chi connectivity index (χ3n) is 9.01. The number of carboxylic acid groups (broad SMARTS) is 1. The Morgan fingerprint density at radius 3 is 2.76 bits per heavy atom. The summed E-state index contributed by atoms with van der Waals surface area (Å²) < 4.78 is 3.46. The van der Waals surface area contributed by atoms with Crippen LogP contribution in [0.2, 0.25) is 5.02 Å². The van der Waals surface area contributed by atoms with Gasteiger partial charge in [0, 0.05) is 0 Å². The molecule has 0 amide bonds. The first-order chi connectivity index (χ1) is 18.2. The summed E-state index contributed by atoms with van der Waals surface area (Å²) in [7, 11) is 0. The summed E-state index contributed by atoms with van der Waals surface area (Å²) >= 11 is 6.33. The minimum absolute atomic E-state index is 0.0361. The first-order valence-electron chi connectivity index (χ1n) is 13.7. The molecule has 2 aromatic rings. The number of aryl methyl sites for hydroxylation is 1. The van der Waals surface area contributed by atoms with Crippen molar-refractivity contribution in [2.75, 3.05) is 36.4 Å². The fourth-order valence-electron chi connectivity index (χ4n) is 6.48. The van der Waals surface area contributed by atoms with Gasteiger partial charge in [-0.25, -0.2) is 0 Å². The molecule has 1 aromatic carbocycles. The molecule has 9 heteroatoms. The summed E-state index contributed by atoms with van der Waals surface area (Å²) in [6.07, 6.45) is 6.21. The fraction of sp³-hybridized carbons (Fsp3) is 0.552. The number of piperidine rings is 1. The van der Waals surface area contributed by atoms with Crippen LogP contribution in [-0.4, -0.2) is 58.2 Å². The fourth-order valence-corrected chi connectivity index (χ4v) is 8.88. The van der Waals surface area contributed by atoms with Crippen LogP contribution in [0.15, 0.2) is 22.3 Å². The maximum atomic E-state index is 11.5. The Bertz CT molecular complexity index is 1270. The van der Waals surface area contributed by atoms with E-state index in [-0.39, 0.29) is 27.2 Å². The quantitative estimate of drug-likeness (QED) is 0.352. The number of hydrogen-bond acceptors (Lipinski definition) is 6. The number of rotatable bonds is 7. The third-order valence-corrected chi connectivity index (χ3v) is 11.5. The number of nitrogens with zero attached hydrogens (tertiary/aromatic N) is 4. The van der Waals surface area contributed by atoms with E-state index < -0.39 is 11.4 Å². The molecule has 0 bridgehead atoms. The number of anilines is 2. The van der Waals surface area contributed by atoms with E-state index in [9.17, 15) is 9.90 Å². The van der Waals surface area contributed by atoms with Crippen molar-refractivity contribution in [2.45, 2.75) is 58.5 Å². The number of nitrogens with one attached hydrogen (secondary N) is 1. The molecule has 1 saturated carbocycles. The van der Waals surface area contributed by atoms with Gasteiger partial charge in [0.15, 0.2) is 0 Å². The van der Waals surface area contributed by atoms with E-state index >= 15 is 0 Å². The zero-order valence-corrected chi connectivity index (χ0v) is 25.2. The Morgan fingerprint density at radius 2 is 2.03 bits per heavy atom. The molecule has 38 heavy (non-hydrogen) atoms. The normalized spacial score (nSPS) is 28.2. The number of carbonyl (C=O) groups is 1. The molecule has 0 radical (unpaired) electrons. The molecular formula is C29H36ClIN5O2-. The molecule has 3 aliphatic heterocycles. The van der Waals surface area contributed by atoms with E-state index in [1.807, 2.05) is 13.0 Å². The summed E-state index contributed by atoms with van der Waals surface area (Å²) in [4.78, 5) is 26.5. The van der Waals surface area contributed by atoms with Gasteiger partial charge in [-0.1, -0.05) is 0 Å². The van der Waals surface area contributed by atoms with E-state index in [1.165, 1.54) is 16.5 Å². The number of halogens is 2. The van der Waals surface area contributed by atoms with Gasteiger partial charge >= 0.3 is 224 Å². The predicted octanol–water partition coefficient (Wildman–Crippen LogP) is 2.26. The van der Waals surface area contributed by atoms with Crippen molar-refractivity contribution in [1.29, 1.82) is 0 Å². The standard InChI is InChI=1S/C29H36ClIN5O2/c1-17-6-7-22(24(30)11-17)18(2)32-26-23-8-9-31-25(23)33-28(34-26)36-15-20(16-36)19-5-4-10-35(14-19)21-12-29(3,13-21)27(37)38/h6-9,11,18-21H,4-5,10,12-16H2,1-3H3,(H,37,38)(H,32,33,34)/q-1. The number of carboxylic acids is 1. The number of hydrogen-bond donors (Lipinski definition) is 2. The number of benzene rings is 1. The number of likely N-dealkylation sites (tertiary alicyclic amines) is 1. The van der Waals surface area contributed by atoms with Gasteiger partial charge in [0.2, 0.25) is 0 Å². The van der Waals surface area contributed by atoms with Gasteiger partial charge in [-0.05, 0) is 6.92 Å². The van der Waals surface area contributed by atoms with Crippen molar-refractivity contribution in [2.24, 2.45) is 17.3 Å². The average molecular weight is 649 g/mol. The van der Waals surface area contributed by atoms with Gasteiger partial charge in [-0.2, -0.15) is 0 Å². The van der Waals surface area contributed by atoms with E-state index in [4.69, 9.17) is 21.6 Å². The SMILES string of the molecule is Cc1ccc(C(C)Nc2nc(N3CC(C4CCCN(C5CC(C)(C(=O)O)C5)C4)C3)nc3c2C=C[I-]3)c(Cl)c1. The van der Waals surface area contributed by atoms with Gasteiger partial charge in [0.25, 0.3) is 0 Å². The van der Waals surface area contributed by atoms with Gasteiger partial charge in [-0.3, -0.25) is 4.79 Å². The number of fused-ring (bicyclic) bond motifs is 1. The molecule has 3 fully saturated rings. The Balaban J connectivity index is 1.10. The Labute approximate surface area is 240 Å². The number of aromatic nitrogens is 2. The zero-order valence-electron chi connectivity index (χ0n) is 22.3. The van der Waals surface area contributed by atoms with Crippen LogP contribution in [0.1, 0.15) is 62.3 Å². The van der Waals surface area contributed by atoms with Crippen molar-refractivity contribution in [3.63, 3.8) is 0 Å². The molecular weight excluding hydrogens is 613 g/mol. The van der Waals surface area contributed by atoms with E-state index in [0.29, 0.717) is 17.9 Å². The second kappa shape index (κ2) is 10.2. The van der Waals surface area contributed by atoms with Crippen LogP contribution in [0.25, 0.3) is 6.08 Å². The Hall–Kier alpha value is -1.91. The molecule has 2 atom stereocenters. The molecule has 2 saturated heterocycles. The first-order valence-corrected chi connectivity index (χ1v) is 16.4. The van der Waals surface area contributed by atoms with Crippen molar-refractivity contribution in [1.82, 2.24) is 14.9 Å². The topological polar surface area (TPSA) is 81.6 Å². The Kier molecular flexibility index (Phi) is 7.10. The average Bonchev–Trinajstić information content (AvgIpc) is 3.30. The van der Waals surface area contributed by atoms with Crippen LogP contribution >= 0.6 is 11.6 Å². The van der Waals surface area contributed by atoms with Crippen LogP contribution in [0.5, 0.6) is 0 Å². The molecule has 7 nitrogen and oxygen atoms in total. The van der Waals surface area contributed by atoms with Crippen molar-refractivity contribution < 1.29 is 31.1 Å². The molecule has 0 spiro atoms. The molecule has 4 aliphatic rings. The summed E-state index contributed by atoms with van der Waals surface area (Å²) in [5.41, 5.74) is 2.83. The summed E-state index contributed by atoms with van der Waals surface area (Å²) in [6.45, 7) is 10.3. The van der Waals surface area contributed by atoms with Gasteiger partial charge in [-0.15, -0.1) is 0 Å². The Morgan fingerprint density at radius 1 is 1.24 bits per heavy atom. The minimum atomic E-state index is -0.644. The molecule has 1 aromatic heterocycles. The maximum absolute atomic E-state index is 11.5. The molecule has 4 heterocycles. The van der Waals surface area contributed by atoms with Gasteiger partial charge in [0.05, 0.1) is 0 Å². The summed E-state index contributed by atoms with van der Waals surface area (Å²) in [6, 6.07) is 6.68. The van der Waals surface area contributed by atoms with E-state index in [2.05, 4.69) is 51.3 Å². The molecule has 2 unspecified atom stereocenters. The van der Waals surface area contributed by atoms with E-state index in [1.54, 1.807) is 0 Å². The monoisotopic (exact) mass is 648 g/mol. The second-order valence-electron chi connectivity index (χ2n) is 11.9. The first kappa shape index (κ1) is 26.3. The van der Waals surface area contributed by atoms with Crippen LogP contribution in [0, 0.1) is 27.9 Å². The van der Waals surface area contributed by atoms with E-state index in [0.717, 1.165) is 72.5 Å². The van der Waals surface area contributed by atoms with Crippen LogP contribution in [-0.2, 0) is 4.79 Å². The molecule has 2 N–H and O–H groups in total. The molecule has 204 valence electrons. The summed E-state index contributed by atoms with van der Waals surface area (Å²) in [5, 5.41) is 13.9. The molecule has 1 aliphatic carbocycles. The summed E-state index contributed by atoms with van der Waals surface area (Å²) in [5.74, 6) is 2.42. The van der Waals surface area contributed by atoms with Gasteiger partial charge < -0.3 is 5.11 Å². The van der Waals surface area contributed by atoms with Crippen LogP contribution in [0.3, 0.4) is 0 Å². The second-order valence-corrected chi connectivity index (χ2v) is 14.6. The number of aliphatic carboxylic acids is 1. The third kappa shape index (κ3) is 4.92. The van der Waals surface area contributed by atoms with Crippen molar-refractivity contribution in [3.05, 3.63) is 47.7 Å². The zero-order chi connectivity index (χ0) is 26.6. The van der Waals surface area contributed by atoms with Crippen molar-refractivity contribution >= 4 is 35.4 Å². The molecule has 6 rings (SSSR count). The van der Waals surface area contributed by atoms with Crippen LogP contribution < -0.4 is 31.4 Å². The van der Waals surface area contributed by atoms with Crippen LogP contribution in [0.4, 0.5) is 11.8 Å².